The molecule has 1 heterocycles. The van der Waals surface area contributed by atoms with Gasteiger partial charge in [-0.3, -0.25) is 9.59 Å². The van der Waals surface area contributed by atoms with E-state index in [4.69, 9.17) is 0 Å². The molecule has 1 N–H and O–H groups in total. The van der Waals surface area contributed by atoms with Gasteiger partial charge in [0.15, 0.2) is 0 Å². The molecule has 0 bridgehead atoms. The third-order valence-electron chi connectivity index (χ3n) is 3.41. The first kappa shape index (κ1) is 17.0. The molecule has 1 saturated heterocycles. The van der Waals surface area contributed by atoms with Crippen LogP contribution in [-0.2, 0) is 14.3 Å². The molecule has 0 aromatic heterocycles. The van der Waals surface area contributed by atoms with Crippen LogP contribution in [0.1, 0.15) is 53.4 Å². The lowest BCUT2D eigenvalue weighted by atomic mass is 10.0. The fourth-order valence-corrected chi connectivity index (χ4v) is 2.39. The van der Waals surface area contributed by atoms with E-state index in [1.165, 1.54) is 12.8 Å². The minimum atomic E-state index is -0.318. The number of nitrogens with one attached hydrogen (secondary N) is 1. The third kappa shape index (κ3) is 6.37. The minimum absolute atomic E-state index is 0.273. The SMILES string of the molecule is CC(=O)N(C1CCNCC1)C1CC1.CC(C)(C)OC=O. The van der Waals surface area contributed by atoms with E-state index in [0.29, 0.717) is 18.6 Å². The van der Waals surface area contributed by atoms with Crippen molar-refractivity contribution in [3.8, 4) is 0 Å². The largest absolute Gasteiger partial charge is 0.462 e. The Morgan fingerprint density at radius 2 is 1.65 bits per heavy atom. The Morgan fingerprint density at radius 1 is 1.15 bits per heavy atom. The van der Waals surface area contributed by atoms with Crippen LogP contribution in [0.3, 0.4) is 0 Å². The maximum atomic E-state index is 11.4. The smallest absolute Gasteiger partial charge is 0.293 e. The van der Waals surface area contributed by atoms with Crippen LogP contribution in [0.2, 0.25) is 0 Å². The van der Waals surface area contributed by atoms with Crippen LogP contribution in [-0.4, -0.2) is 48.1 Å². The number of hydrogen-bond donors (Lipinski definition) is 1. The lowest BCUT2D eigenvalue weighted by molar-refractivity contribution is -0.138. The van der Waals surface area contributed by atoms with Gasteiger partial charge in [0, 0.05) is 19.0 Å². The summed E-state index contributed by atoms with van der Waals surface area (Å²) in [5, 5.41) is 3.33. The maximum Gasteiger partial charge on any atom is 0.293 e. The molecule has 0 atom stereocenters. The first-order valence-electron chi connectivity index (χ1n) is 7.46. The number of piperidine rings is 1. The van der Waals surface area contributed by atoms with Crippen molar-refractivity contribution in [2.45, 2.75) is 71.1 Å². The molecule has 2 rings (SSSR count). The van der Waals surface area contributed by atoms with Gasteiger partial charge >= 0.3 is 0 Å². The van der Waals surface area contributed by atoms with E-state index in [0.717, 1.165) is 25.9 Å². The first-order valence-corrected chi connectivity index (χ1v) is 7.46. The highest BCUT2D eigenvalue weighted by Crippen LogP contribution is 2.30. The van der Waals surface area contributed by atoms with Gasteiger partial charge in [0.2, 0.25) is 5.91 Å². The van der Waals surface area contributed by atoms with Crippen molar-refractivity contribution in [3.63, 3.8) is 0 Å². The number of ether oxygens (including phenoxy) is 1. The van der Waals surface area contributed by atoms with Crippen molar-refractivity contribution >= 4 is 12.4 Å². The normalized spacial score (nSPS) is 19.6. The molecular weight excluding hydrogens is 256 g/mol. The standard InChI is InChI=1S/C10H18N2O.C5H10O2/c1-8(13)12(9-2-3-9)10-4-6-11-7-5-10;1-5(2,3)7-4-6/h9-11H,2-7H2,1H3;4H,1-3H3. The predicted octanol–water partition coefficient (Wildman–Crippen LogP) is 1.71. The van der Waals surface area contributed by atoms with Gasteiger partial charge in [-0.2, -0.15) is 0 Å². The molecule has 116 valence electrons. The van der Waals surface area contributed by atoms with Crippen molar-refractivity contribution in [1.29, 1.82) is 0 Å². The van der Waals surface area contributed by atoms with Crippen LogP contribution >= 0.6 is 0 Å². The summed E-state index contributed by atoms with van der Waals surface area (Å²) in [6.07, 6.45) is 4.72. The van der Waals surface area contributed by atoms with Crippen molar-refractivity contribution in [1.82, 2.24) is 10.2 Å². The summed E-state index contributed by atoms with van der Waals surface area (Å²) >= 11 is 0. The number of amides is 1. The highest BCUT2D eigenvalue weighted by atomic mass is 16.5. The van der Waals surface area contributed by atoms with Crippen molar-refractivity contribution in [2.24, 2.45) is 0 Å². The van der Waals surface area contributed by atoms with Gasteiger partial charge in [0.1, 0.15) is 5.60 Å². The van der Waals surface area contributed by atoms with Crippen LogP contribution in [0.4, 0.5) is 0 Å². The topological polar surface area (TPSA) is 58.6 Å². The molecule has 1 aliphatic heterocycles. The average Bonchev–Trinajstić information content (AvgIpc) is 3.14. The van der Waals surface area contributed by atoms with Crippen LogP contribution in [0, 0.1) is 0 Å². The van der Waals surface area contributed by atoms with Gasteiger partial charge in [-0.05, 0) is 59.5 Å². The van der Waals surface area contributed by atoms with Crippen LogP contribution in [0.25, 0.3) is 0 Å². The fourth-order valence-electron chi connectivity index (χ4n) is 2.39. The predicted molar refractivity (Wildman–Crippen MR) is 78.3 cm³/mol. The van der Waals surface area contributed by atoms with E-state index in [2.05, 4.69) is 15.0 Å². The zero-order valence-electron chi connectivity index (χ0n) is 13.1. The lowest BCUT2D eigenvalue weighted by Crippen LogP contribution is -2.46. The molecule has 2 aliphatic rings. The molecule has 1 aliphatic carbocycles. The summed E-state index contributed by atoms with van der Waals surface area (Å²) in [5.74, 6) is 0.273. The summed E-state index contributed by atoms with van der Waals surface area (Å²) < 4.78 is 4.55. The molecule has 5 heteroatoms. The Balaban J connectivity index is 0.000000246. The molecule has 1 amide bonds. The zero-order chi connectivity index (χ0) is 15.2. The molecule has 0 aromatic carbocycles. The van der Waals surface area contributed by atoms with E-state index < -0.39 is 0 Å². The first-order chi connectivity index (χ1) is 9.35. The molecule has 0 radical (unpaired) electrons. The number of nitrogens with zero attached hydrogens (tertiary/aromatic N) is 1. The summed E-state index contributed by atoms with van der Waals surface area (Å²) in [5.41, 5.74) is -0.318. The van der Waals surface area contributed by atoms with Crippen LogP contribution in [0.5, 0.6) is 0 Å². The Labute approximate surface area is 122 Å². The van der Waals surface area contributed by atoms with E-state index in [1.54, 1.807) is 6.92 Å². The Hall–Kier alpha value is -1.10. The van der Waals surface area contributed by atoms with E-state index in [9.17, 15) is 9.59 Å². The summed E-state index contributed by atoms with van der Waals surface area (Å²) in [4.78, 5) is 23.2. The molecule has 20 heavy (non-hydrogen) atoms. The Morgan fingerprint density at radius 3 is 1.95 bits per heavy atom. The second kappa shape index (κ2) is 7.62. The number of carbonyl (C=O) groups is 2. The van der Waals surface area contributed by atoms with Crippen molar-refractivity contribution < 1.29 is 14.3 Å². The van der Waals surface area contributed by atoms with Crippen molar-refractivity contribution in [3.05, 3.63) is 0 Å². The molecule has 5 nitrogen and oxygen atoms in total. The second-order valence-electron chi connectivity index (χ2n) is 6.47. The van der Waals surface area contributed by atoms with Gasteiger partial charge in [0.05, 0.1) is 0 Å². The highest BCUT2D eigenvalue weighted by Gasteiger charge is 2.35. The second-order valence-corrected chi connectivity index (χ2v) is 6.47. The van der Waals surface area contributed by atoms with Gasteiger partial charge in [-0.15, -0.1) is 0 Å². The van der Waals surface area contributed by atoms with E-state index in [1.807, 2.05) is 20.8 Å². The lowest BCUT2D eigenvalue weighted by Gasteiger charge is -2.34. The third-order valence-corrected chi connectivity index (χ3v) is 3.41. The average molecular weight is 284 g/mol. The van der Waals surface area contributed by atoms with Gasteiger partial charge in [-0.25, -0.2) is 0 Å². The summed E-state index contributed by atoms with van der Waals surface area (Å²) in [7, 11) is 0. The molecule has 0 spiro atoms. The van der Waals surface area contributed by atoms with Gasteiger partial charge in [0.25, 0.3) is 6.47 Å². The van der Waals surface area contributed by atoms with Crippen molar-refractivity contribution in [2.75, 3.05) is 13.1 Å². The number of hydrogen-bond acceptors (Lipinski definition) is 4. The van der Waals surface area contributed by atoms with Gasteiger partial charge in [-0.1, -0.05) is 0 Å². The quantitative estimate of drug-likeness (QED) is 0.802. The summed E-state index contributed by atoms with van der Waals surface area (Å²) in [6, 6.07) is 1.10. The van der Waals surface area contributed by atoms with E-state index in [-0.39, 0.29) is 11.5 Å². The number of carbonyl (C=O) groups excluding carboxylic acids is 2. The van der Waals surface area contributed by atoms with Crippen LogP contribution < -0.4 is 5.32 Å². The fraction of sp³-hybridized carbons (Fsp3) is 0.867. The molecular formula is C15H28N2O3. The van der Waals surface area contributed by atoms with Gasteiger partial charge < -0.3 is 15.0 Å². The zero-order valence-corrected chi connectivity index (χ0v) is 13.1. The van der Waals surface area contributed by atoms with E-state index >= 15 is 0 Å². The highest BCUT2D eigenvalue weighted by molar-refractivity contribution is 5.74. The Kier molecular flexibility index (Phi) is 6.46. The molecule has 0 unspecified atom stereocenters. The molecule has 0 aromatic rings. The Bertz CT molecular complexity index is 316. The number of rotatable bonds is 3. The maximum absolute atomic E-state index is 11.4. The molecule has 2 fully saturated rings. The minimum Gasteiger partial charge on any atom is -0.462 e. The van der Waals surface area contributed by atoms with Crippen LogP contribution in [0.15, 0.2) is 0 Å². The molecule has 1 saturated carbocycles. The monoisotopic (exact) mass is 284 g/mol. The summed E-state index contributed by atoms with van der Waals surface area (Å²) in [6.45, 7) is 9.77.